The lowest BCUT2D eigenvalue weighted by atomic mass is 9.86. The van der Waals surface area contributed by atoms with Crippen LogP contribution in [0, 0.1) is 6.92 Å². The highest BCUT2D eigenvalue weighted by Crippen LogP contribution is 2.45. The largest absolute Gasteiger partial charge is 0.469 e. The van der Waals surface area contributed by atoms with Crippen molar-refractivity contribution in [1.82, 2.24) is 15.5 Å². The summed E-state index contributed by atoms with van der Waals surface area (Å²) in [4.78, 5) is 3.94. The lowest BCUT2D eigenvalue weighted by Crippen LogP contribution is -2.44. The molecule has 1 aliphatic heterocycles. The van der Waals surface area contributed by atoms with E-state index in [9.17, 15) is 13.2 Å². The molecule has 1 saturated heterocycles. The molecule has 1 atom stereocenters. The Balaban J connectivity index is 2.03. The number of nitrogens with zero attached hydrogens (tertiary/aromatic N) is 2. The van der Waals surface area contributed by atoms with Crippen molar-refractivity contribution in [3.8, 4) is 11.4 Å². The van der Waals surface area contributed by atoms with Crippen LogP contribution in [0.25, 0.3) is 11.4 Å². The van der Waals surface area contributed by atoms with Crippen LogP contribution in [0.1, 0.15) is 18.1 Å². The number of halogens is 3. The molecule has 0 saturated carbocycles. The normalized spacial score (nSPS) is 23.4. The molecule has 0 radical (unpaired) electrons. The zero-order valence-electron chi connectivity index (χ0n) is 10.6. The van der Waals surface area contributed by atoms with Crippen molar-refractivity contribution >= 4 is 0 Å². The summed E-state index contributed by atoms with van der Waals surface area (Å²) in [6, 6.07) is 1.59. The second kappa shape index (κ2) is 4.34. The average molecular weight is 287 g/mol. The second-order valence-electron chi connectivity index (χ2n) is 4.82. The Kier molecular flexibility index (Phi) is 2.86. The molecule has 3 rings (SSSR count). The molecule has 1 aliphatic rings. The predicted octanol–water partition coefficient (Wildman–Crippen LogP) is 2.43. The second-order valence-corrected chi connectivity index (χ2v) is 4.82. The summed E-state index contributed by atoms with van der Waals surface area (Å²) < 4.78 is 50.0. The summed E-state index contributed by atoms with van der Waals surface area (Å²) in [6.45, 7) is 1.70. The molecule has 0 aliphatic carbocycles. The number of nitrogens with one attached hydrogen (secondary N) is 1. The van der Waals surface area contributed by atoms with E-state index < -0.39 is 17.5 Å². The summed E-state index contributed by atoms with van der Waals surface area (Å²) in [5.74, 6) is 0.246. The van der Waals surface area contributed by atoms with Gasteiger partial charge in [-0.05, 0) is 26.0 Å². The zero-order valence-corrected chi connectivity index (χ0v) is 10.6. The van der Waals surface area contributed by atoms with E-state index in [-0.39, 0.29) is 25.3 Å². The molecule has 1 N–H and O–H groups in total. The minimum absolute atomic E-state index is 0.109. The first-order chi connectivity index (χ1) is 9.44. The standard InChI is InChI=1S/C12H12F3N3O2/c1-7-8(2-5-19-7)9-17-10(20-18-9)11(12(13,14)15)3-4-16-6-11/h2,5,16H,3-4,6H2,1H3. The quantitative estimate of drug-likeness (QED) is 0.919. The van der Waals surface area contributed by atoms with Gasteiger partial charge in [0, 0.05) is 6.54 Å². The van der Waals surface area contributed by atoms with E-state index >= 15 is 0 Å². The van der Waals surface area contributed by atoms with Gasteiger partial charge in [0.1, 0.15) is 5.76 Å². The summed E-state index contributed by atoms with van der Waals surface area (Å²) in [7, 11) is 0. The molecule has 3 heterocycles. The van der Waals surface area contributed by atoms with Crippen molar-refractivity contribution in [3.05, 3.63) is 24.0 Å². The Morgan fingerprint density at radius 1 is 1.40 bits per heavy atom. The van der Waals surface area contributed by atoms with Crippen molar-refractivity contribution in [2.24, 2.45) is 0 Å². The Bertz CT molecular complexity index is 611. The molecular weight excluding hydrogens is 275 g/mol. The van der Waals surface area contributed by atoms with Gasteiger partial charge in [-0.25, -0.2) is 0 Å². The van der Waals surface area contributed by atoms with Crippen molar-refractivity contribution in [1.29, 1.82) is 0 Å². The van der Waals surface area contributed by atoms with Gasteiger partial charge in [-0.1, -0.05) is 5.16 Å². The van der Waals surface area contributed by atoms with Crippen LogP contribution in [0.5, 0.6) is 0 Å². The smallest absolute Gasteiger partial charge is 0.404 e. The van der Waals surface area contributed by atoms with Gasteiger partial charge in [0.05, 0.1) is 11.8 Å². The van der Waals surface area contributed by atoms with Crippen molar-refractivity contribution < 1.29 is 22.1 Å². The third-order valence-electron chi connectivity index (χ3n) is 3.63. The van der Waals surface area contributed by atoms with Crippen LogP contribution in [0.4, 0.5) is 13.2 Å². The number of hydrogen-bond donors (Lipinski definition) is 1. The Morgan fingerprint density at radius 2 is 2.20 bits per heavy atom. The lowest BCUT2D eigenvalue weighted by Gasteiger charge is -2.26. The number of hydrogen-bond acceptors (Lipinski definition) is 5. The molecule has 20 heavy (non-hydrogen) atoms. The zero-order chi connectivity index (χ0) is 14.4. The summed E-state index contributed by atoms with van der Waals surface area (Å²) >= 11 is 0. The van der Waals surface area contributed by atoms with Gasteiger partial charge >= 0.3 is 6.18 Å². The molecule has 108 valence electrons. The third kappa shape index (κ3) is 1.82. The molecule has 1 fully saturated rings. The van der Waals surface area contributed by atoms with Crippen LogP contribution in [0.3, 0.4) is 0 Å². The maximum Gasteiger partial charge on any atom is 0.404 e. The maximum atomic E-state index is 13.3. The first-order valence-electron chi connectivity index (χ1n) is 6.10. The van der Waals surface area contributed by atoms with E-state index in [2.05, 4.69) is 15.5 Å². The van der Waals surface area contributed by atoms with Crippen molar-refractivity contribution in [3.63, 3.8) is 0 Å². The number of furan rings is 1. The lowest BCUT2D eigenvalue weighted by molar-refractivity contribution is -0.191. The number of alkyl halides is 3. The van der Waals surface area contributed by atoms with Gasteiger partial charge in [-0.3, -0.25) is 0 Å². The van der Waals surface area contributed by atoms with Gasteiger partial charge in [-0.15, -0.1) is 0 Å². The first kappa shape index (κ1) is 13.2. The van der Waals surface area contributed by atoms with Crippen LogP contribution in [0.15, 0.2) is 21.3 Å². The highest BCUT2D eigenvalue weighted by atomic mass is 19.4. The van der Waals surface area contributed by atoms with Crippen LogP contribution in [0.2, 0.25) is 0 Å². The van der Waals surface area contributed by atoms with Crippen LogP contribution in [-0.4, -0.2) is 29.4 Å². The SMILES string of the molecule is Cc1occc1-c1noc(C2(C(F)(F)F)CCNC2)n1. The minimum atomic E-state index is -4.44. The fourth-order valence-electron chi connectivity index (χ4n) is 2.38. The topological polar surface area (TPSA) is 64.1 Å². The highest BCUT2D eigenvalue weighted by molar-refractivity contribution is 5.56. The van der Waals surface area contributed by atoms with E-state index in [0.717, 1.165) is 0 Å². The highest BCUT2D eigenvalue weighted by Gasteiger charge is 2.61. The molecule has 0 aromatic carbocycles. The molecule has 5 nitrogen and oxygen atoms in total. The van der Waals surface area contributed by atoms with Crippen LogP contribution >= 0.6 is 0 Å². The van der Waals surface area contributed by atoms with Crippen molar-refractivity contribution in [2.75, 3.05) is 13.1 Å². The fraction of sp³-hybridized carbons (Fsp3) is 0.500. The van der Waals surface area contributed by atoms with E-state index in [1.807, 2.05) is 0 Å². The van der Waals surface area contributed by atoms with Gasteiger partial charge in [0.15, 0.2) is 5.41 Å². The number of aromatic nitrogens is 2. The first-order valence-corrected chi connectivity index (χ1v) is 6.10. The molecule has 2 aromatic rings. The maximum absolute atomic E-state index is 13.3. The Hall–Kier alpha value is -1.83. The minimum Gasteiger partial charge on any atom is -0.469 e. The summed E-state index contributed by atoms with van der Waals surface area (Å²) in [5.41, 5.74) is -1.57. The van der Waals surface area contributed by atoms with E-state index in [1.165, 1.54) is 6.26 Å². The third-order valence-corrected chi connectivity index (χ3v) is 3.63. The predicted molar refractivity (Wildman–Crippen MR) is 62.0 cm³/mol. The summed E-state index contributed by atoms with van der Waals surface area (Å²) in [5, 5.41) is 6.36. The van der Waals surface area contributed by atoms with E-state index in [1.54, 1.807) is 13.0 Å². The molecule has 1 unspecified atom stereocenters. The molecule has 0 bridgehead atoms. The molecule has 0 spiro atoms. The number of rotatable bonds is 2. The summed E-state index contributed by atoms with van der Waals surface area (Å²) in [6.07, 6.45) is -3.12. The molecule has 8 heteroatoms. The van der Waals surface area contributed by atoms with Gasteiger partial charge in [0.25, 0.3) is 0 Å². The van der Waals surface area contributed by atoms with Crippen LogP contribution in [-0.2, 0) is 5.41 Å². The molecule has 0 amide bonds. The van der Waals surface area contributed by atoms with Gasteiger partial charge in [-0.2, -0.15) is 18.2 Å². The fourth-order valence-corrected chi connectivity index (χ4v) is 2.38. The Labute approximate surface area is 112 Å². The number of aryl methyl sites for hydroxylation is 1. The Morgan fingerprint density at radius 3 is 2.75 bits per heavy atom. The van der Waals surface area contributed by atoms with Gasteiger partial charge < -0.3 is 14.3 Å². The van der Waals surface area contributed by atoms with E-state index in [0.29, 0.717) is 11.3 Å². The van der Waals surface area contributed by atoms with Crippen molar-refractivity contribution in [2.45, 2.75) is 24.9 Å². The van der Waals surface area contributed by atoms with Gasteiger partial charge in [0.2, 0.25) is 11.7 Å². The molecular formula is C12H12F3N3O2. The van der Waals surface area contributed by atoms with E-state index in [4.69, 9.17) is 8.94 Å². The average Bonchev–Trinajstić information content (AvgIpc) is 3.06. The molecule has 2 aromatic heterocycles. The monoisotopic (exact) mass is 287 g/mol. The van der Waals surface area contributed by atoms with Crippen LogP contribution < -0.4 is 5.32 Å².